The Morgan fingerprint density at radius 1 is 1.12 bits per heavy atom. The Kier molecular flexibility index (Phi) is 6.54. The van der Waals surface area contributed by atoms with Crippen LogP contribution in [0.5, 0.6) is 0 Å². The minimum atomic E-state index is 0.272. The minimum Gasteiger partial charge on any atom is -0.309 e. The van der Waals surface area contributed by atoms with Gasteiger partial charge in [-0.25, -0.2) is 0 Å². The Bertz CT molecular complexity index is 186. The number of nitrogens with one attached hydrogen (secondary N) is 1. The normalized spacial score (nSPS) is 19.8. The number of hydrogen-bond acceptors (Lipinski definition) is 1. The predicted molar refractivity (Wildman–Crippen MR) is 77.4 cm³/mol. The van der Waals surface area contributed by atoms with Crippen molar-refractivity contribution in [1.82, 2.24) is 5.32 Å². The molecule has 1 unspecified atom stereocenters. The molecule has 1 fully saturated rings. The van der Waals surface area contributed by atoms with Crippen molar-refractivity contribution in [2.24, 2.45) is 5.92 Å². The molecule has 0 amide bonds. The van der Waals surface area contributed by atoms with E-state index in [1.54, 1.807) is 0 Å². The molecule has 0 heterocycles. The molecule has 0 bridgehead atoms. The van der Waals surface area contributed by atoms with Crippen LogP contribution in [0.1, 0.15) is 85.5 Å². The van der Waals surface area contributed by atoms with Crippen LogP contribution in [-0.2, 0) is 0 Å². The first-order valence-electron chi connectivity index (χ1n) is 7.79. The SMILES string of the molecule is CCCCC(CCC1CCCC1)NC(C)(C)C. The van der Waals surface area contributed by atoms with Crippen molar-refractivity contribution in [3.8, 4) is 0 Å². The lowest BCUT2D eigenvalue weighted by molar-refractivity contribution is 0.307. The van der Waals surface area contributed by atoms with E-state index in [-0.39, 0.29) is 5.54 Å². The van der Waals surface area contributed by atoms with E-state index in [2.05, 4.69) is 33.0 Å². The van der Waals surface area contributed by atoms with Crippen LogP contribution in [0.2, 0.25) is 0 Å². The Balaban J connectivity index is 2.28. The molecule has 1 N–H and O–H groups in total. The summed E-state index contributed by atoms with van der Waals surface area (Å²) < 4.78 is 0. The maximum Gasteiger partial charge on any atom is 0.00990 e. The van der Waals surface area contributed by atoms with Gasteiger partial charge in [0, 0.05) is 11.6 Å². The molecule has 1 saturated carbocycles. The second-order valence-corrected chi connectivity index (χ2v) is 6.96. The van der Waals surface area contributed by atoms with Crippen molar-refractivity contribution in [2.45, 2.75) is 97.1 Å². The van der Waals surface area contributed by atoms with Crippen LogP contribution in [0, 0.1) is 5.92 Å². The quantitative estimate of drug-likeness (QED) is 0.666. The lowest BCUT2D eigenvalue weighted by Gasteiger charge is -2.29. The van der Waals surface area contributed by atoms with Crippen molar-refractivity contribution in [1.29, 1.82) is 0 Å². The Hall–Kier alpha value is -0.0400. The second kappa shape index (κ2) is 7.41. The van der Waals surface area contributed by atoms with E-state index in [1.165, 1.54) is 57.8 Å². The van der Waals surface area contributed by atoms with Gasteiger partial charge in [0.2, 0.25) is 0 Å². The van der Waals surface area contributed by atoms with E-state index < -0.39 is 0 Å². The number of rotatable bonds is 7. The van der Waals surface area contributed by atoms with E-state index in [0.29, 0.717) is 0 Å². The topological polar surface area (TPSA) is 12.0 Å². The smallest absolute Gasteiger partial charge is 0.00990 e. The van der Waals surface area contributed by atoms with Gasteiger partial charge in [0.15, 0.2) is 0 Å². The summed E-state index contributed by atoms with van der Waals surface area (Å²) in [4.78, 5) is 0. The van der Waals surface area contributed by atoms with Crippen LogP contribution >= 0.6 is 0 Å². The van der Waals surface area contributed by atoms with Crippen LogP contribution in [0.25, 0.3) is 0 Å². The zero-order chi connectivity index (χ0) is 12.7. The summed E-state index contributed by atoms with van der Waals surface area (Å²) >= 11 is 0. The van der Waals surface area contributed by atoms with Crippen molar-refractivity contribution in [3.05, 3.63) is 0 Å². The first kappa shape index (κ1) is 15.0. The van der Waals surface area contributed by atoms with Gasteiger partial charge in [0.1, 0.15) is 0 Å². The van der Waals surface area contributed by atoms with Gasteiger partial charge in [-0.2, -0.15) is 0 Å². The molecule has 1 atom stereocenters. The molecule has 0 spiro atoms. The largest absolute Gasteiger partial charge is 0.309 e. The van der Waals surface area contributed by atoms with Crippen LogP contribution in [0.15, 0.2) is 0 Å². The molecular weight excluding hydrogens is 206 g/mol. The fourth-order valence-electron chi connectivity index (χ4n) is 3.09. The molecular formula is C16H33N. The third kappa shape index (κ3) is 7.08. The highest BCUT2D eigenvalue weighted by Gasteiger charge is 2.20. The van der Waals surface area contributed by atoms with Gasteiger partial charge >= 0.3 is 0 Å². The fourth-order valence-corrected chi connectivity index (χ4v) is 3.09. The lowest BCUT2D eigenvalue weighted by atomic mass is 9.94. The van der Waals surface area contributed by atoms with Crippen LogP contribution in [0.3, 0.4) is 0 Å². The van der Waals surface area contributed by atoms with Gasteiger partial charge in [-0.1, -0.05) is 45.4 Å². The zero-order valence-corrected chi connectivity index (χ0v) is 12.5. The van der Waals surface area contributed by atoms with Crippen LogP contribution < -0.4 is 5.32 Å². The Labute approximate surface area is 109 Å². The molecule has 0 saturated heterocycles. The van der Waals surface area contributed by atoms with Gasteiger partial charge in [-0.15, -0.1) is 0 Å². The third-order valence-corrected chi connectivity index (χ3v) is 3.94. The van der Waals surface area contributed by atoms with Gasteiger partial charge < -0.3 is 5.32 Å². The summed E-state index contributed by atoms with van der Waals surface area (Å²) in [6, 6.07) is 0.746. The van der Waals surface area contributed by atoms with Crippen molar-refractivity contribution < 1.29 is 0 Å². The molecule has 102 valence electrons. The van der Waals surface area contributed by atoms with Gasteiger partial charge in [0.05, 0.1) is 0 Å². The highest BCUT2D eigenvalue weighted by molar-refractivity contribution is 4.79. The lowest BCUT2D eigenvalue weighted by Crippen LogP contribution is -2.43. The monoisotopic (exact) mass is 239 g/mol. The first-order valence-corrected chi connectivity index (χ1v) is 7.79. The van der Waals surface area contributed by atoms with Gasteiger partial charge in [-0.3, -0.25) is 0 Å². The molecule has 0 aliphatic heterocycles. The standard InChI is InChI=1S/C16H33N/c1-5-6-11-15(17-16(2,3)4)13-12-14-9-7-8-10-14/h14-15,17H,5-13H2,1-4H3. The summed E-state index contributed by atoms with van der Waals surface area (Å²) in [6.45, 7) is 9.18. The molecule has 0 aromatic heterocycles. The average Bonchev–Trinajstić information content (AvgIpc) is 2.73. The molecule has 1 aliphatic carbocycles. The fraction of sp³-hybridized carbons (Fsp3) is 1.00. The maximum atomic E-state index is 3.81. The highest BCUT2D eigenvalue weighted by atomic mass is 15.0. The van der Waals surface area contributed by atoms with E-state index in [9.17, 15) is 0 Å². The number of unbranched alkanes of at least 4 members (excludes halogenated alkanes) is 1. The van der Waals surface area contributed by atoms with Gasteiger partial charge in [0.25, 0.3) is 0 Å². The first-order chi connectivity index (χ1) is 8.01. The van der Waals surface area contributed by atoms with E-state index in [1.807, 2.05) is 0 Å². The summed E-state index contributed by atoms with van der Waals surface area (Å²) in [5.74, 6) is 1.04. The van der Waals surface area contributed by atoms with E-state index in [4.69, 9.17) is 0 Å². The van der Waals surface area contributed by atoms with Gasteiger partial charge in [-0.05, 0) is 46.0 Å². The molecule has 0 aromatic rings. The maximum absolute atomic E-state index is 3.81. The molecule has 1 nitrogen and oxygen atoms in total. The molecule has 1 rings (SSSR count). The van der Waals surface area contributed by atoms with Crippen molar-refractivity contribution in [2.75, 3.05) is 0 Å². The zero-order valence-electron chi connectivity index (χ0n) is 12.5. The van der Waals surface area contributed by atoms with Crippen molar-refractivity contribution >= 4 is 0 Å². The molecule has 17 heavy (non-hydrogen) atoms. The molecule has 0 radical (unpaired) electrons. The average molecular weight is 239 g/mol. The highest BCUT2D eigenvalue weighted by Crippen LogP contribution is 2.29. The van der Waals surface area contributed by atoms with Crippen LogP contribution in [-0.4, -0.2) is 11.6 Å². The molecule has 0 aromatic carbocycles. The van der Waals surface area contributed by atoms with E-state index in [0.717, 1.165) is 12.0 Å². The summed E-state index contributed by atoms with van der Waals surface area (Å²) in [5, 5.41) is 3.81. The minimum absolute atomic E-state index is 0.272. The summed E-state index contributed by atoms with van der Waals surface area (Å²) in [7, 11) is 0. The number of hydrogen-bond donors (Lipinski definition) is 1. The van der Waals surface area contributed by atoms with Crippen molar-refractivity contribution in [3.63, 3.8) is 0 Å². The Morgan fingerprint density at radius 3 is 2.29 bits per heavy atom. The summed E-state index contributed by atoms with van der Waals surface area (Å²) in [5.41, 5.74) is 0.272. The predicted octanol–water partition coefficient (Wildman–Crippen LogP) is 4.90. The summed E-state index contributed by atoms with van der Waals surface area (Å²) in [6.07, 6.45) is 12.9. The molecule has 1 heteroatoms. The van der Waals surface area contributed by atoms with E-state index >= 15 is 0 Å². The molecule has 1 aliphatic rings. The third-order valence-electron chi connectivity index (χ3n) is 3.94. The van der Waals surface area contributed by atoms with Crippen LogP contribution in [0.4, 0.5) is 0 Å². The Morgan fingerprint density at radius 2 is 1.76 bits per heavy atom. The second-order valence-electron chi connectivity index (χ2n) is 6.96.